The monoisotopic (exact) mass is 302 g/mol. The molecule has 3 heterocycles. The fraction of sp³-hybridized carbons (Fsp3) is 0.438. The number of methoxy groups -OCH3 is 2. The van der Waals surface area contributed by atoms with Gasteiger partial charge in [0.2, 0.25) is 0 Å². The van der Waals surface area contributed by atoms with Crippen molar-refractivity contribution in [2.75, 3.05) is 20.8 Å². The van der Waals surface area contributed by atoms with Crippen molar-refractivity contribution in [3.05, 3.63) is 35.3 Å². The number of nitrogens with zero attached hydrogens (tertiary/aromatic N) is 2. The maximum Gasteiger partial charge on any atom is 0.355 e. The van der Waals surface area contributed by atoms with Gasteiger partial charge in [0, 0.05) is 24.5 Å². The number of hydrogen-bond acceptors (Lipinski definition) is 6. The van der Waals surface area contributed by atoms with Crippen LogP contribution < -0.4 is 0 Å². The topological polar surface area (TPSA) is 68.7 Å². The maximum absolute atomic E-state index is 12.3. The Morgan fingerprint density at radius 1 is 1.23 bits per heavy atom. The summed E-state index contributed by atoms with van der Waals surface area (Å²) in [6.45, 7) is 0.712. The molecule has 0 radical (unpaired) electrons. The molecule has 0 saturated carbocycles. The molecule has 0 aliphatic carbocycles. The summed E-state index contributed by atoms with van der Waals surface area (Å²) < 4.78 is 9.82. The largest absolute Gasteiger partial charge is 0.465 e. The minimum Gasteiger partial charge on any atom is -0.465 e. The third-order valence-corrected chi connectivity index (χ3v) is 4.28. The first kappa shape index (κ1) is 14.6. The van der Waals surface area contributed by atoms with E-state index in [0.717, 1.165) is 24.8 Å². The van der Waals surface area contributed by atoms with Crippen molar-refractivity contribution in [2.24, 2.45) is 0 Å². The molecule has 0 bridgehead atoms. The molecule has 0 spiro atoms. The van der Waals surface area contributed by atoms with Crippen LogP contribution in [0.4, 0.5) is 0 Å². The van der Waals surface area contributed by atoms with Crippen molar-refractivity contribution in [3.63, 3.8) is 0 Å². The number of esters is 2. The summed E-state index contributed by atoms with van der Waals surface area (Å²) in [4.78, 5) is 30.8. The van der Waals surface area contributed by atoms with Crippen LogP contribution in [0.15, 0.2) is 24.2 Å². The molecule has 6 nitrogen and oxygen atoms in total. The highest BCUT2D eigenvalue weighted by Crippen LogP contribution is 2.43. The number of carbonyl (C=O) groups is 2. The van der Waals surface area contributed by atoms with Crippen molar-refractivity contribution in [1.29, 1.82) is 0 Å². The standard InChI is InChI=1S/C16H18N2O4/c1-21-15(19)13-10-6-7-17-9-11(10)12-5-3-4-8-18(12)14(13)16(20)22-2/h6-7,9,12H,3-5,8H2,1-2H3. The summed E-state index contributed by atoms with van der Waals surface area (Å²) >= 11 is 0. The molecule has 116 valence electrons. The number of pyridine rings is 1. The minimum atomic E-state index is -0.531. The van der Waals surface area contributed by atoms with Crippen LogP contribution in [0.3, 0.4) is 0 Å². The van der Waals surface area contributed by atoms with Gasteiger partial charge in [-0.2, -0.15) is 0 Å². The molecule has 1 saturated heterocycles. The lowest BCUT2D eigenvalue weighted by molar-refractivity contribution is -0.140. The lowest BCUT2D eigenvalue weighted by atomic mass is 9.85. The minimum absolute atomic E-state index is 0.0555. The Morgan fingerprint density at radius 3 is 2.73 bits per heavy atom. The molecule has 1 aromatic rings. The summed E-state index contributed by atoms with van der Waals surface area (Å²) in [5, 5.41) is 0. The lowest BCUT2D eigenvalue weighted by Crippen LogP contribution is -2.40. The first-order chi connectivity index (χ1) is 10.7. The predicted octanol–water partition coefficient (Wildman–Crippen LogP) is 1.68. The average Bonchev–Trinajstić information content (AvgIpc) is 2.59. The summed E-state index contributed by atoms with van der Waals surface area (Å²) in [5.74, 6) is -1.04. The second kappa shape index (κ2) is 5.79. The van der Waals surface area contributed by atoms with Crippen molar-refractivity contribution >= 4 is 17.5 Å². The van der Waals surface area contributed by atoms with Crippen LogP contribution in [0.1, 0.15) is 36.4 Å². The van der Waals surface area contributed by atoms with Crippen molar-refractivity contribution < 1.29 is 19.1 Å². The van der Waals surface area contributed by atoms with Gasteiger partial charge in [0.15, 0.2) is 0 Å². The molecule has 1 atom stereocenters. The second-order valence-electron chi connectivity index (χ2n) is 5.37. The van der Waals surface area contributed by atoms with E-state index >= 15 is 0 Å². The SMILES string of the molecule is COC(=O)C1=C(C(=O)OC)N2CCCCC2c2cnccc21. The Morgan fingerprint density at radius 2 is 2.00 bits per heavy atom. The highest BCUT2D eigenvalue weighted by molar-refractivity contribution is 6.23. The Labute approximate surface area is 128 Å². The van der Waals surface area contributed by atoms with Crippen molar-refractivity contribution in [2.45, 2.75) is 25.3 Å². The van der Waals surface area contributed by atoms with E-state index < -0.39 is 11.9 Å². The Balaban J connectivity index is 2.26. The highest BCUT2D eigenvalue weighted by Gasteiger charge is 2.40. The first-order valence-electron chi connectivity index (χ1n) is 7.31. The van der Waals surface area contributed by atoms with Gasteiger partial charge in [-0.1, -0.05) is 0 Å². The van der Waals surface area contributed by atoms with Gasteiger partial charge in [0.05, 0.1) is 25.8 Å². The molecular weight excluding hydrogens is 284 g/mol. The van der Waals surface area contributed by atoms with Gasteiger partial charge >= 0.3 is 11.9 Å². The van der Waals surface area contributed by atoms with Crippen LogP contribution in [-0.4, -0.2) is 42.6 Å². The highest BCUT2D eigenvalue weighted by atomic mass is 16.5. The van der Waals surface area contributed by atoms with Crippen LogP contribution in [0.5, 0.6) is 0 Å². The third-order valence-electron chi connectivity index (χ3n) is 4.28. The van der Waals surface area contributed by atoms with E-state index in [0.29, 0.717) is 17.8 Å². The molecule has 0 N–H and O–H groups in total. The normalized spacial score (nSPS) is 20.1. The van der Waals surface area contributed by atoms with E-state index in [1.807, 2.05) is 4.90 Å². The van der Waals surface area contributed by atoms with Gasteiger partial charge in [0.25, 0.3) is 0 Å². The van der Waals surface area contributed by atoms with E-state index in [-0.39, 0.29) is 11.6 Å². The Kier molecular flexibility index (Phi) is 3.83. The zero-order valence-corrected chi connectivity index (χ0v) is 12.7. The quantitative estimate of drug-likeness (QED) is 0.774. The number of ether oxygens (including phenoxy) is 2. The van der Waals surface area contributed by atoms with Gasteiger partial charge in [-0.05, 0) is 30.9 Å². The van der Waals surface area contributed by atoms with Crippen LogP contribution in [0, 0.1) is 0 Å². The Hall–Kier alpha value is -2.37. The van der Waals surface area contributed by atoms with Crippen molar-refractivity contribution in [3.8, 4) is 0 Å². The molecule has 22 heavy (non-hydrogen) atoms. The number of hydrogen-bond donors (Lipinski definition) is 0. The summed E-state index contributed by atoms with van der Waals surface area (Å²) in [6, 6.07) is 1.82. The smallest absolute Gasteiger partial charge is 0.355 e. The first-order valence-corrected chi connectivity index (χ1v) is 7.31. The molecule has 2 aliphatic heterocycles. The molecule has 6 heteroatoms. The van der Waals surface area contributed by atoms with E-state index in [2.05, 4.69) is 4.98 Å². The molecule has 1 unspecified atom stereocenters. The van der Waals surface area contributed by atoms with Crippen LogP contribution in [0.25, 0.3) is 5.57 Å². The van der Waals surface area contributed by atoms with E-state index in [1.54, 1.807) is 18.5 Å². The van der Waals surface area contributed by atoms with Gasteiger partial charge in [-0.15, -0.1) is 0 Å². The summed E-state index contributed by atoms with van der Waals surface area (Å²) in [6.07, 6.45) is 6.37. The van der Waals surface area contributed by atoms with Crippen molar-refractivity contribution in [1.82, 2.24) is 9.88 Å². The molecule has 2 aliphatic rings. The maximum atomic E-state index is 12.3. The average molecular weight is 302 g/mol. The number of fused-ring (bicyclic) bond motifs is 3. The zero-order valence-electron chi connectivity index (χ0n) is 12.7. The molecule has 1 aromatic heterocycles. The third kappa shape index (κ3) is 2.15. The molecule has 3 rings (SSSR count). The lowest BCUT2D eigenvalue weighted by Gasteiger charge is -2.42. The van der Waals surface area contributed by atoms with Gasteiger partial charge in [0.1, 0.15) is 5.70 Å². The molecule has 0 amide bonds. The van der Waals surface area contributed by atoms with Crippen LogP contribution in [0.2, 0.25) is 0 Å². The summed E-state index contributed by atoms with van der Waals surface area (Å²) in [5.41, 5.74) is 2.25. The molecule has 1 fully saturated rings. The van der Waals surface area contributed by atoms with Gasteiger partial charge < -0.3 is 14.4 Å². The molecular formula is C16H18N2O4. The predicted molar refractivity (Wildman–Crippen MR) is 78.5 cm³/mol. The fourth-order valence-corrected chi connectivity index (χ4v) is 3.32. The van der Waals surface area contributed by atoms with Gasteiger partial charge in [-0.3, -0.25) is 4.98 Å². The Bertz CT molecular complexity index is 653. The number of carbonyl (C=O) groups excluding carboxylic acids is 2. The number of aromatic nitrogens is 1. The van der Waals surface area contributed by atoms with Crippen LogP contribution >= 0.6 is 0 Å². The van der Waals surface area contributed by atoms with E-state index in [9.17, 15) is 9.59 Å². The molecule has 0 aromatic carbocycles. The number of piperidine rings is 1. The van der Waals surface area contributed by atoms with E-state index in [4.69, 9.17) is 9.47 Å². The second-order valence-corrected chi connectivity index (χ2v) is 5.37. The van der Waals surface area contributed by atoms with Gasteiger partial charge in [-0.25, -0.2) is 9.59 Å². The van der Waals surface area contributed by atoms with Crippen LogP contribution in [-0.2, 0) is 19.1 Å². The number of rotatable bonds is 2. The fourth-order valence-electron chi connectivity index (χ4n) is 3.32. The zero-order chi connectivity index (χ0) is 15.7. The van der Waals surface area contributed by atoms with E-state index in [1.165, 1.54) is 14.2 Å². The summed E-state index contributed by atoms with van der Waals surface area (Å²) in [7, 11) is 2.64.